The fourth-order valence-electron chi connectivity index (χ4n) is 5.72. The number of nitrogens with zero attached hydrogens (tertiary/aromatic N) is 2. The molecule has 2 aromatic carbocycles. The Balaban J connectivity index is 1.36. The Bertz CT molecular complexity index is 1350. The summed E-state index contributed by atoms with van der Waals surface area (Å²) in [6.07, 6.45) is 6.53. The number of ether oxygens (including phenoxy) is 1. The smallest absolute Gasteiger partial charge is 0.140 e. The Morgan fingerprint density at radius 3 is 2.55 bits per heavy atom. The van der Waals surface area contributed by atoms with Crippen LogP contribution in [0.15, 0.2) is 66.9 Å². The van der Waals surface area contributed by atoms with Gasteiger partial charge in [-0.3, -0.25) is 9.78 Å². The second-order valence-electron chi connectivity index (χ2n) is 10.9. The summed E-state index contributed by atoms with van der Waals surface area (Å²) in [6, 6.07) is 17.7. The first-order chi connectivity index (χ1) is 18.2. The molecular weight excluding hydrogens is 496 g/mol. The van der Waals surface area contributed by atoms with Crippen LogP contribution in [-0.4, -0.2) is 40.4 Å². The van der Waals surface area contributed by atoms with Crippen molar-refractivity contribution in [3.63, 3.8) is 0 Å². The average Bonchev–Trinajstić information content (AvgIpc) is 3.06. The van der Waals surface area contributed by atoms with Gasteiger partial charge in [0, 0.05) is 28.9 Å². The molecule has 3 heterocycles. The maximum Gasteiger partial charge on any atom is 0.140 e. The number of benzene rings is 2. The summed E-state index contributed by atoms with van der Waals surface area (Å²) in [5.74, 6) is 1.03. The zero-order valence-electron chi connectivity index (χ0n) is 22.3. The van der Waals surface area contributed by atoms with E-state index in [1.165, 1.54) is 0 Å². The number of carbonyl (C=O) groups is 1. The molecule has 0 amide bonds. The highest BCUT2D eigenvalue weighted by molar-refractivity contribution is 6.30. The molecule has 2 aliphatic heterocycles. The number of aliphatic hydroxyl groups is 1. The van der Waals surface area contributed by atoms with Crippen LogP contribution in [0.5, 0.6) is 5.75 Å². The van der Waals surface area contributed by atoms with E-state index in [0.29, 0.717) is 11.6 Å². The van der Waals surface area contributed by atoms with Crippen molar-refractivity contribution in [3.8, 4) is 5.75 Å². The molecule has 5 nitrogen and oxygen atoms in total. The lowest BCUT2D eigenvalue weighted by atomic mass is 9.70. The molecule has 0 bridgehead atoms. The molecule has 6 heteroatoms. The lowest BCUT2D eigenvalue weighted by molar-refractivity contribution is -0.124. The van der Waals surface area contributed by atoms with Gasteiger partial charge in [-0.1, -0.05) is 41.9 Å². The predicted molar refractivity (Wildman–Crippen MR) is 151 cm³/mol. The van der Waals surface area contributed by atoms with E-state index in [-0.39, 0.29) is 5.78 Å². The monoisotopic (exact) mass is 530 g/mol. The summed E-state index contributed by atoms with van der Waals surface area (Å²) in [5, 5.41) is 11.3. The third-order valence-corrected chi connectivity index (χ3v) is 8.35. The van der Waals surface area contributed by atoms with E-state index in [1.54, 1.807) is 27.0 Å². The number of Topliss-reactive ketones (excluding diaryl/α,β-unsaturated/α-hetero) is 1. The van der Waals surface area contributed by atoms with Crippen LogP contribution in [0, 0.1) is 0 Å². The molecule has 1 fully saturated rings. The van der Waals surface area contributed by atoms with E-state index in [9.17, 15) is 9.90 Å². The van der Waals surface area contributed by atoms with Crippen LogP contribution in [0.25, 0.3) is 5.57 Å². The Labute approximate surface area is 230 Å². The van der Waals surface area contributed by atoms with Crippen molar-refractivity contribution in [1.82, 2.24) is 9.88 Å². The largest absolute Gasteiger partial charge is 0.487 e. The van der Waals surface area contributed by atoms with Gasteiger partial charge in [-0.05, 0) is 100 Å². The molecule has 38 heavy (non-hydrogen) atoms. The minimum atomic E-state index is -0.953. The van der Waals surface area contributed by atoms with Gasteiger partial charge in [-0.15, -0.1) is 0 Å². The fourth-order valence-corrected chi connectivity index (χ4v) is 5.84. The van der Waals surface area contributed by atoms with Gasteiger partial charge in [-0.25, -0.2) is 0 Å². The summed E-state index contributed by atoms with van der Waals surface area (Å²) in [5.41, 5.74) is 4.56. The topological polar surface area (TPSA) is 62.7 Å². The predicted octanol–water partition coefficient (Wildman–Crippen LogP) is 6.30. The van der Waals surface area contributed by atoms with Crippen LogP contribution in [0.4, 0.5) is 0 Å². The van der Waals surface area contributed by atoms with E-state index in [1.807, 2.05) is 48.5 Å². The van der Waals surface area contributed by atoms with Crippen molar-refractivity contribution in [2.24, 2.45) is 0 Å². The molecule has 3 aromatic rings. The van der Waals surface area contributed by atoms with E-state index >= 15 is 0 Å². The number of hydrogen-bond acceptors (Lipinski definition) is 5. The number of ketones is 1. The number of carbonyl (C=O) groups excluding carboxylic acids is 1. The number of piperidine rings is 1. The fraction of sp³-hybridized carbons (Fsp3) is 0.375. The van der Waals surface area contributed by atoms with Crippen molar-refractivity contribution in [2.45, 2.75) is 57.7 Å². The number of likely N-dealkylation sites (tertiary alicyclic amines) is 1. The first kappa shape index (κ1) is 26.6. The average molecular weight is 531 g/mol. The maximum absolute atomic E-state index is 12.8. The Morgan fingerprint density at radius 2 is 1.87 bits per heavy atom. The summed E-state index contributed by atoms with van der Waals surface area (Å²) < 4.78 is 6.13. The summed E-state index contributed by atoms with van der Waals surface area (Å²) >= 11 is 6.10. The lowest BCUT2D eigenvalue weighted by Gasteiger charge is -2.40. The number of halogens is 1. The number of hydrogen-bond donors (Lipinski definition) is 1. The second kappa shape index (κ2) is 10.6. The minimum Gasteiger partial charge on any atom is -0.487 e. The highest BCUT2D eigenvalue weighted by atomic mass is 35.5. The van der Waals surface area contributed by atoms with Gasteiger partial charge >= 0.3 is 0 Å². The van der Waals surface area contributed by atoms with Gasteiger partial charge in [0.1, 0.15) is 18.1 Å². The SMILES string of the molecule is CC(=O)C1(c2ccc(Cl)cc2)CCN(CCC=C2c3cc(C(C)(C)O)ccc3OCc3ncccc32)CC1. The van der Waals surface area contributed by atoms with Gasteiger partial charge in [0.2, 0.25) is 0 Å². The highest BCUT2D eigenvalue weighted by Crippen LogP contribution is 2.40. The van der Waals surface area contributed by atoms with E-state index < -0.39 is 11.0 Å². The standard InChI is InChI=1S/C32H35ClN2O3/c1-22(36)32(23-8-11-25(33)12-9-23)14-18-35(19-15-32)17-5-7-26-27-6-4-16-34-29(27)21-38-30-13-10-24(20-28(26)30)31(2,3)37/h4,6-13,16,20,37H,5,14-15,17-19,21H2,1-3H3. The third-order valence-electron chi connectivity index (χ3n) is 8.10. The number of fused-ring (bicyclic) bond motifs is 2. The molecule has 5 rings (SSSR count). The lowest BCUT2D eigenvalue weighted by Crippen LogP contribution is -2.46. The molecule has 0 spiro atoms. The summed E-state index contributed by atoms with van der Waals surface area (Å²) in [6.45, 7) is 8.35. The molecule has 0 unspecified atom stereocenters. The molecule has 0 atom stereocenters. The van der Waals surface area contributed by atoms with E-state index in [0.717, 1.165) is 78.2 Å². The van der Waals surface area contributed by atoms with Crippen LogP contribution in [0.3, 0.4) is 0 Å². The molecule has 0 radical (unpaired) electrons. The molecule has 1 saturated heterocycles. The number of aromatic nitrogens is 1. The van der Waals surface area contributed by atoms with Crippen molar-refractivity contribution in [3.05, 3.63) is 99.8 Å². The number of pyridine rings is 1. The molecule has 1 N–H and O–H groups in total. The third kappa shape index (κ3) is 5.28. The van der Waals surface area contributed by atoms with Crippen LogP contribution in [0.2, 0.25) is 5.02 Å². The maximum atomic E-state index is 12.8. The molecular formula is C32H35ClN2O3. The van der Waals surface area contributed by atoms with Crippen LogP contribution >= 0.6 is 11.6 Å². The molecule has 2 aliphatic rings. The highest BCUT2D eigenvalue weighted by Gasteiger charge is 2.40. The van der Waals surface area contributed by atoms with Crippen LogP contribution in [-0.2, 0) is 22.4 Å². The molecule has 0 aliphatic carbocycles. The Kier molecular flexibility index (Phi) is 7.45. The first-order valence-corrected chi connectivity index (χ1v) is 13.7. The Hall–Kier alpha value is -2.99. The normalized spacial score (nSPS) is 18.3. The van der Waals surface area contributed by atoms with Crippen molar-refractivity contribution >= 4 is 23.0 Å². The minimum absolute atomic E-state index is 0.225. The van der Waals surface area contributed by atoms with Gasteiger partial charge in [-0.2, -0.15) is 0 Å². The zero-order valence-corrected chi connectivity index (χ0v) is 23.1. The van der Waals surface area contributed by atoms with E-state index in [2.05, 4.69) is 22.0 Å². The van der Waals surface area contributed by atoms with Gasteiger partial charge in [0.05, 0.1) is 16.7 Å². The van der Waals surface area contributed by atoms with Gasteiger partial charge < -0.3 is 14.7 Å². The van der Waals surface area contributed by atoms with Crippen LogP contribution in [0.1, 0.15) is 68.0 Å². The van der Waals surface area contributed by atoms with Crippen molar-refractivity contribution in [2.75, 3.05) is 19.6 Å². The van der Waals surface area contributed by atoms with Gasteiger partial charge in [0.15, 0.2) is 0 Å². The van der Waals surface area contributed by atoms with E-state index in [4.69, 9.17) is 16.3 Å². The zero-order chi connectivity index (χ0) is 26.9. The van der Waals surface area contributed by atoms with Crippen LogP contribution < -0.4 is 4.74 Å². The summed E-state index contributed by atoms with van der Waals surface area (Å²) in [4.78, 5) is 19.8. The molecule has 1 aromatic heterocycles. The summed E-state index contributed by atoms with van der Waals surface area (Å²) in [7, 11) is 0. The molecule has 198 valence electrons. The van der Waals surface area contributed by atoms with Crippen molar-refractivity contribution in [1.29, 1.82) is 0 Å². The quantitative estimate of drug-likeness (QED) is 0.405. The first-order valence-electron chi connectivity index (χ1n) is 13.3. The second-order valence-corrected chi connectivity index (χ2v) is 11.4. The van der Waals surface area contributed by atoms with Crippen molar-refractivity contribution < 1.29 is 14.6 Å². The number of rotatable bonds is 6. The molecule has 0 saturated carbocycles. The Morgan fingerprint density at radius 1 is 1.13 bits per heavy atom. The van der Waals surface area contributed by atoms with Gasteiger partial charge in [0.25, 0.3) is 0 Å².